The van der Waals surface area contributed by atoms with E-state index in [0.29, 0.717) is 34.9 Å². The topological polar surface area (TPSA) is 71.3 Å². The van der Waals surface area contributed by atoms with Gasteiger partial charge < -0.3 is 14.8 Å². The van der Waals surface area contributed by atoms with E-state index in [-0.39, 0.29) is 12.5 Å². The Morgan fingerprint density at radius 2 is 2.00 bits per heavy atom. The first-order valence-corrected chi connectivity index (χ1v) is 7.71. The first-order chi connectivity index (χ1) is 10.7. The Morgan fingerprint density at radius 3 is 2.55 bits per heavy atom. The fourth-order valence-corrected chi connectivity index (χ4v) is 2.76. The smallest absolute Gasteiger partial charge is 0.258 e. The third-order valence-corrected chi connectivity index (χ3v) is 4.24. The lowest BCUT2D eigenvalue weighted by Gasteiger charge is -2.18. The van der Waals surface area contributed by atoms with E-state index in [9.17, 15) is 4.79 Å². The van der Waals surface area contributed by atoms with E-state index < -0.39 is 0 Å². The number of carbonyl (C=O) groups is 1. The van der Waals surface area contributed by atoms with E-state index in [2.05, 4.69) is 5.32 Å². The van der Waals surface area contributed by atoms with Crippen LogP contribution in [0.25, 0.3) is 0 Å². The number of nitrogens with zero attached hydrogens (tertiary/aromatic N) is 1. The number of ether oxygens (including phenoxy) is 2. The lowest BCUT2D eigenvalue weighted by molar-refractivity contribution is -0.124. The molecule has 0 aliphatic heterocycles. The van der Waals surface area contributed by atoms with Gasteiger partial charge in [-0.15, -0.1) is 0 Å². The van der Waals surface area contributed by atoms with Crippen molar-refractivity contribution < 1.29 is 14.3 Å². The molecule has 3 rings (SSSR count). The summed E-state index contributed by atoms with van der Waals surface area (Å²) in [5, 5.41) is 12.0. The van der Waals surface area contributed by atoms with Crippen LogP contribution in [-0.4, -0.2) is 25.7 Å². The maximum atomic E-state index is 12.1. The van der Waals surface area contributed by atoms with Gasteiger partial charge in [-0.2, -0.15) is 5.26 Å². The highest BCUT2D eigenvalue weighted by Gasteiger charge is 2.42. The zero-order valence-corrected chi connectivity index (χ0v) is 12.7. The number of nitrogens with one attached hydrogen (secondary N) is 1. The van der Waals surface area contributed by atoms with Gasteiger partial charge in [0.1, 0.15) is 0 Å². The van der Waals surface area contributed by atoms with E-state index >= 15 is 0 Å². The summed E-state index contributed by atoms with van der Waals surface area (Å²) in [4.78, 5) is 12.1. The molecule has 2 fully saturated rings. The molecule has 0 spiro atoms. The molecule has 2 saturated carbocycles. The molecule has 0 heterocycles. The lowest BCUT2D eigenvalue weighted by Crippen LogP contribution is -2.40. The highest BCUT2D eigenvalue weighted by Crippen LogP contribution is 2.44. The van der Waals surface area contributed by atoms with Crippen molar-refractivity contribution in [1.29, 1.82) is 5.26 Å². The summed E-state index contributed by atoms with van der Waals surface area (Å²) >= 11 is 0. The Bertz CT molecular complexity index is 588. The standard InChI is InChI=1S/C17H20N2O3/c1-21-15-8-11(9-18)2-7-14(15)22-10-16(20)19-17(12-3-4-12)13-5-6-13/h2,7-8,12-13,17H,3-6,10H2,1H3,(H,19,20). The van der Waals surface area contributed by atoms with Crippen molar-refractivity contribution in [2.24, 2.45) is 11.8 Å². The summed E-state index contributed by atoms with van der Waals surface area (Å²) in [7, 11) is 1.51. The Balaban J connectivity index is 1.55. The first-order valence-electron chi connectivity index (χ1n) is 7.71. The van der Waals surface area contributed by atoms with Gasteiger partial charge in [0.2, 0.25) is 0 Å². The van der Waals surface area contributed by atoms with Gasteiger partial charge >= 0.3 is 0 Å². The van der Waals surface area contributed by atoms with Crippen LogP contribution in [0.1, 0.15) is 31.2 Å². The summed E-state index contributed by atoms with van der Waals surface area (Å²) < 4.78 is 10.7. The van der Waals surface area contributed by atoms with E-state index in [0.717, 1.165) is 0 Å². The van der Waals surface area contributed by atoms with E-state index in [4.69, 9.17) is 14.7 Å². The molecule has 0 bridgehead atoms. The molecular formula is C17H20N2O3. The van der Waals surface area contributed by atoms with Crippen LogP contribution in [0.5, 0.6) is 11.5 Å². The van der Waals surface area contributed by atoms with Gasteiger partial charge in [-0.1, -0.05) is 0 Å². The van der Waals surface area contributed by atoms with Gasteiger partial charge in [0.15, 0.2) is 18.1 Å². The molecule has 5 heteroatoms. The maximum Gasteiger partial charge on any atom is 0.258 e. The number of hydrogen-bond donors (Lipinski definition) is 1. The molecule has 1 aromatic carbocycles. The number of nitriles is 1. The van der Waals surface area contributed by atoms with Crippen molar-refractivity contribution in [1.82, 2.24) is 5.32 Å². The molecule has 0 saturated heterocycles. The van der Waals surface area contributed by atoms with Crippen molar-refractivity contribution in [3.05, 3.63) is 23.8 Å². The summed E-state index contributed by atoms with van der Waals surface area (Å²) in [6, 6.07) is 7.28. The largest absolute Gasteiger partial charge is 0.493 e. The Morgan fingerprint density at radius 1 is 1.32 bits per heavy atom. The molecule has 0 aromatic heterocycles. The lowest BCUT2D eigenvalue weighted by atomic mass is 10.1. The monoisotopic (exact) mass is 300 g/mol. The predicted octanol–water partition coefficient (Wildman–Crippen LogP) is 2.25. The van der Waals surface area contributed by atoms with E-state index in [1.807, 2.05) is 6.07 Å². The van der Waals surface area contributed by atoms with Gasteiger partial charge in [-0.05, 0) is 49.7 Å². The van der Waals surface area contributed by atoms with Gasteiger partial charge in [0.25, 0.3) is 5.91 Å². The van der Waals surface area contributed by atoms with Crippen LogP contribution in [0.2, 0.25) is 0 Å². The van der Waals surface area contributed by atoms with Crippen molar-refractivity contribution >= 4 is 5.91 Å². The van der Waals surface area contributed by atoms with Gasteiger partial charge in [-0.25, -0.2) is 0 Å². The molecule has 0 radical (unpaired) electrons. The van der Waals surface area contributed by atoms with Crippen LogP contribution in [0.3, 0.4) is 0 Å². The normalized spacial score (nSPS) is 17.0. The Kier molecular flexibility index (Phi) is 4.19. The fourth-order valence-electron chi connectivity index (χ4n) is 2.76. The molecular weight excluding hydrogens is 280 g/mol. The number of rotatable bonds is 7. The highest BCUT2D eigenvalue weighted by molar-refractivity contribution is 5.78. The zero-order valence-electron chi connectivity index (χ0n) is 12.7. The van der Waals surface area contributed by atoms with Crippen molar-refractivity contribution in [2.75, 3.05) is 13.7 Å². The number of benzene rings is 1. The molecule has 1 N–H and O–H groups in total. The van der Waals surface area contributed by atoms with Crippen molar-refractivity contribution in [3.63, 3.8) is 0 Å². The van der Waals surface area contributed by atoms with Crippen molar-refractivity contribution in [3.8, 4) is 17.6 Å². The molecule has 0 unspecified atom stereocenters. The third kappa shape index (κ3) is 3.51. The second kappa shape index (κ2) is 6.27. The quantitative estimate of drug-likeness (QED) is 0.838. The molecule has 1 aromatic rings. The van der Waals surface area contributed by atoms with Gasteiger partial charge in [0, 0.05) is 12.1 Å². The molecule has 5 nitrogen and oxygen atoms in total. The predicted molar refractivity (Wildman–Crippen MR) is 80.6 cm³/mol. The average molecular weight is 300 g/mol. The van der Waals surface area contributed by atoms with E-state index in [1.54, 1.807) is 18.2 Å². The van der Waals surface area contributed by atoms with Crippen LogP contribution in [0, 0.1) is 23.2 Å². The first kappa shape index (κ1) is 14.7. The molecule has 0 atom stereocenters. The van der Waals surface area contributed by atoms with Crippen LogP contribution in [-0.2, 0) is 4.79 Å². The van der Waals surface area contributed by atoms with Gasteiger partial charge in [0.05, 0.1) is 18.7 Å². The Labute approximate surface area is 130 Å². The number of hydrogen-bond acceptors (Lipinski definition) is 4. The van der Waals surface area contributed by atoms with Gasteiger partial charge in [-0.3, -0.25) is 4.79 Å². The Hall–Kier alpha value is -2.22. The molecule has 22 heavy (non-hydrogen) atoms. The van der Waals surface area contributed by atoms with Crippen LogP contribution in [0.15, 0.2) is 18.2 Å². The third-order valence-electron chi connectivity index (χ3n) is 4.24. The molecule has 116 valence electrons. The fraction of sp³-hybridized carbons (Fsp3) is 0.529. The zero-order chi connectivity index (χ0) is 15.5. The minimum Gasteiger partial charge on any atom is -0.493 e. The summed E-state index contributed by atoms with van der Waals surface area (Å²) in [5.41, 5.74) is 0.496. The maximum absolute atomic E-state index is 12.1. The molecule has 1 amide bonds. The van der Waals surface area contributed by atoms with Crippen LogP contribution < -0.4 is 14.8 Å². The number of amides is 1. The molecule has 2 aliphatic carbocycles. The average Bonchev–Trinajstić information content (AvgIpc) is 3.42. The summed E-state index contributed by atoms with van der Waals surface area (Å²) in [5.74, 6) is 2.19. The number of methoxy groups -OCH3 is 1. The summed E-state index contributed by atoms with van der Waals surface area (Å²) in [6.45, 7) is -0.0296. The highest BCUT2D eigenvalue weighted by atomic mass is 16.5. The van der Waals surface area contributed by atoms with Crippen LogP contribution >= 0.6 is 0 Å². The van der Waals surface area contributed by atoms with Crippen molar-refractivity contribution in [2.45, 2.75) is 31.7 Å². The SMILES string of the molecule is COc1cc(C#N)ccc1OCC(=O)NC(C1CC1)C1CC1. The second-order valence-corrected chi connectivity index (χ2v) is 6.03. The summed E-state index contributed by atoms with van der Waals surface area (Å²) in [6.07, 6.45) is 4.91. The van der Waals surface area contributed by atoms with Crippen LogP contribution in [0.4, 0.5) is 0 Å². The minimum atomic E-state index is -0.0878. The second-order valence-electron chi connectivity index (χ2n) is 6.03. The molecule has 2 aliphatic rings. The minimum absolute atomic E-state index is 0.0296. The number of carbonyl (C=O) groups excluding carboxylic acids is 1. The van der Waals surface area contributed by atoms with E-state index in [1.165, 1.54) is 32.8 Å².